The summed E-state index contributed by atoms with van der Waals surface area (Å²) in [6, 6.07) is 0. The van der Waals surface area contributed by atoms with Crippen LogP contribution in [-0.4, -0.2) is 29.7 Å². The van der Waals surface area contributed by atoms with E-state index in [0.29, 0.717) is 19.4 Å². The molecule has 13 heavy (non-hydrogen) atoms. The van der Waals surface area contributed by atoms with Crippen molar-refractivity contribution in [1.82, 2.24) is 0 Å². The monoisotopic (exact) mass is 186 g/mol. The number of ether oxygens (including phenoxy) is 2. The molecule has 0 unspecified atom stereocenters. The van der Waals surface area contributed by atoms with Crippen molar-refractivity contribution in [3.05, 3.63) is 12.7 Å². The van der Waals surface area contributed by atoms with Crippen molar-refractivity contribution < 1.29 is 14.6 Å². The maximum Gasteiger partial charge on any atom is 0.163 e. The Hall–Kier alpha value is -0.380. The Labute approximate surface area is 79.3 Å². The first-order chi connectivity index (χ1) is 6.03. The molecule has 1 saturated heterocycles. The van der Waals surface area contributed by atoms with Gasteiger partial charge in [0, 0.05) is 6.42 Å². The molecule has 2 atom stereocenters. The molecule has 0 aliphatic carbocycles. The van der Waals surface area contributed by atoms with E-state index in [-0.39, 0.29) is 12.2 Å². The van der Waals surface area contributed by atoms with Gasteiger partial charge in [0.2, 0.25) is 0 Å². The molecule has 1 heterocycles. The molecule has 3 nitrogen and oxygen atoms in total. The summed E-state index contributed by atoms with van der Waals surface area (Å²) in [5, 5.41) is 9.47. The van der Waals surface area contributed by atoms with Gasteiger partial charge in [-0.15, -0.1) is 6.58 Å². The van der Waals surface area contributed by atoms with Crippen LogP contribution in [-0.2, 0) is 9.47 Å². The fraction of sp³-hybridized carbons (Fsp3) is 0.800. The number of hydrogen-bond donors (Lipinski definition) is 1. The van der Waals surface area contributed by atoms with Gasteiger partial charge in [-0.25, -0.2) is 0 Å². The van der Waals surface area contributed by atoms with Crippen LogP contribution in [0.15, 0.2) is 12.7 Å². The average molecular weight is 186 g/mol. The van der Waals surface area contributed by atoms with E-state index in [1.165, 1.54) is 0 Å². The quantitative estimate of drug-likeness (QED) is 0.676. The van der Waals surface area contributed by atoms with E-state index in [9.17, 15) is 5.11 Å². The van der Waals surface area contributed by atoms with Crippen LogP contribution < -0.4 is 0 Å². The standard InChI is InChI=1S/C10H18O3/c1-4-5-8(11)6-9-7-12-10(2,3)13-9/h4,8-9,11H,1,5-7H2,2-3H3/t8-,9+/m0/s1. The second kappa shape index (κ2) is 4.22. The highest BCUT2D eigenvalue weighted by atomic mass is 16.7. The average Bonchev–Trinajstić information content (AvgIpc) is 2.30. The molecule has 1 aliphatic heterocycles. The van der Waals surface area contributed by atoms with Crippen molar-refractivity contribution in [2.75, 3.05) is 6.61 Å². The van der Waals surface area contributed by atoms with Gasteiger partial charge >= 0.3 is 0 Å². The van der Waals surface area contributed by atoms with E-state index in [4.69, 9.17) is 9.47 Å². The van der Waals surface area contributed by atoms with Gasteiger partial charge in [0.25, 0.3) is 0 Å². The van der Waals surface area contributed by atoms with E-state index in [2.05, 4.69) is 6.58 Å². The van der Waals surface area contributed by atoms with Crippen molar-refractivity contribution in [3.8, 4) is 0 Å². The number of aliphatic hydroxyl groups is 1. The van der Waals surface area contributed by atoms with Crippen molar-refractivity contribution in [3.63, 3.8) is 0 Å². The smallest absolute Gasteiger partial charge is 0.163 e. The van der Waals surface area contributed by atoms with Gasteiger partial charge in [-0.05, 0) is 20.3 Å². The molecule has 0 radical (unpaired) electrons. The Morgan fingerprint density at radius 2 is 2.38 bits per heavy atom. The van der Waals surface area contributed by atoms with E-state index >= 15 is 0 Å². The molecule has 0 saturated carbocycles. The van der Waals surface area contributed by atoms with Gasteiger partial charge in [-0.1, -0.05) is 6.08 Å². The minimum absolute atomic E-state index is 0.0185. The highest BCUT2D eigenvalue weighted by Gasteiger charge is 2.33. The summed E-state index contributed by atoms with van der Waals surface area (Å²) < 4.78 is 10.9. The minimum Gasteiger partial charge on any atom is -0.393 e. The van der Waals surface area contributed by atoms with Gasteiger partial charge < -0.3 is 14.6 Å². The molecular formula is C10H18O3. The summed E-state index contributed by atoms with van der Waals surface area (Å²) in [5.41, 5.74) is 0. The fourth-order valence-corrected chi connectivity index (χ4v) is 1.47. The van der Waals surface area contributed by atoms with Crippen molar-refractivity contribution >= 4 is 0 Å². The fourth-order valence-electron chi connectivity index (χ4n) is 1.47. The topological polar surface area (TPSA) is 38.7 Å². The molecule has 0 aromatic heterocycles. The second-order valence-corrected chi connectivity index (χ2v) is 3.86. The SMILES string of the molecule is C=CC[C@H](O)C[C@@H]1COC(C)(C)O1. The van der Waals surface area contributed by atoms with E-state index < -0.39 is 5.79 Å². The molecule has 0 bridgehead atoms. The molecule has 3 heteroatoms. The summed E-state index contributed by atoms with van der Waals surface area (Å²) >= 11 is 0. The van der Waals surface area contributed by atoms with E-state index in [1.54, 1.807) is 6.08 Å². The molecule has 1 fully saturated rings. The van der Waals surface area contributed by atoms with Crippen LogP contribution in [0, 0.1) is 0 Å². The molecule has 0 aromatic rings. The Bertz CT molecular complexity index is 177. The first-order valence-electron chi connectivity index (χ1n) is 4.64. The first kappa shape index (κ1) is 10.7. The maximum atomic E-state index is 9.47. The molecule has 0 amide bonds. The van der Waals surface area contributed by atoms with Gasteiger partial charge in [0.1, 0.15) is 0 Å². The lowest BCUT2D eigenvalue weighted by molar-refractivity contribution is -0.141. The highest BCUT2D eigenvalue weighted by molar-refractivity contribution is 4.78. The number of hydrogen-bond acceptors (Lipinski definition) is 3. The van der Waals surface area contributed by atoms with Crippen molar-refractivity contribution in [2.24, 2.45) is 0 Å². The van der Waals surface area contributed by atoms with Gasteiger partial charge in [-0.3, -0.25) is 0 Å². The van der Waals surface area contributed by atoms with Crippen molar-refractivity contribution in [1.29, 1.82) is 0 Å². The Morgan fingerprint density at radius 3 is 2.85 bits per heavy atom. The summed E-state index contributed by atoms with van der Waals surface area (Å²) in [6.07, 6.45) is 2.60. The Morgan fingerprint density at radius 1 is 1.69 bits per heavy atom. The van der Waals surface area contributed by atoms with Crippen molar-refractivity contribution in [2.45, 2.75) is 44.7 Å². The predicted octanol–water partition coefficient (Wildman–Crippen LogP) is 1.46. The molecule has 1 N–H and O–H groups in total. The van der Waals surface area contributed by atoms with Crippen LogP contribution in [0.2, 0.25) is 0 Å². The van der Waals surface area contributed by atoms with Gasteiger partial charge in [0.05, 0.1) is 18.8 Å². The lowest BCUT2D eigenvalue weighted by Gasteiger charge is -2.18. The normalized spacial score (nSPS) is 28.7. The third-order valence-electron chi connectivity index (χ3n) is 2.04. The lowest BCUT2D eigenvalue weighted by Crippen LogP contribution is -2.24. The summed E-state index contributed by atoms with van der Waals surface area (Å²) in [6.45, 7) is 7.91. The zero-order chi connectivity index (χ0) is 9.90. The molecule has 0 aromatic carbocycles. The molecule has 1 aliphatic rings. The molecule has 0 spiro atoms. The van der Waals surface area contributed by atoms with Crippen LogP contribution >= 0.6 is 0 Å². The van der Waals surface area contributed by atoms with Crippen LogP contribution in [0.5, 0.6) is 0 Å². The Balaban J connectivity index is 2.27. The van der Waals surface area contributed by atoms with Gasteiger partial charge in [-0.2, -0.15) is 0 Å². The van der Waals surface area contributed by atoms with Gasteiger partial charge in [0.15, 0.2) is 5.79 Å². The van der Waals surface area contributed by atoms with E-state index in [0.717, 1.165) is 0 Å². The summed E-state index contributed by atoms with van der Waals surface area (Å²) in [5.74, 6) is -0.488. The van der Waals surface area contributed by atoms with Crippen LogP contribution in [0.4, 0.5) is 0 Å². The zero-order valence-corrected chi connectivity index (χ0v) is 8.32. The van der Waals surface area contributed by atoms with E-state index in [1.807, 2.05) is 13.8 Å². The molecular weight excluding hydrogens is 168 g/mol. The maximum absolute atomic E-state index is 9.47. The first-order valence-corrected chi connectivity index (χ1v) is 4.64. The largest absolute Gasteiger partial charge is 0.393 e. The number of rotatable bonds is 4. The lowest BCUT2D eigenvalue weighted by atomic mass is 10.1. The number of aliphatic hydroxyl groups excluding tert-OH is 1. The molecule has 76 valence electrons. The third-order valence-corrected chi connectivity index (χ3v) is 2.04. The van der Waals surface area contributed by atoms with Crippen LogP contribution in [0.25, 0.3) is 0 Å². The highest BCUT2D eigenvalue weighted by Crippen LogP contribution is 2.25. The van der Waals surface area contributed by atoms with Crippen LogP contribution in [0.1, 0.15) is 26.7 Å². The van der Waals surface area contributed by atoms with Crippen LogP contribution in [0.3, 0.4) is 0 Å². The summed E-state index contributed by atoms with van der Waals surface area (Å²) in [7, 11) is 0. The molecule has 1 rings (SSSR count). The second-order valence-electron chi connectivity index (χ2n) is 3.86. The Kier molecular flexibility index (Phi) is 3.47. The predicted molar refractivity (Wildman–Crippen MR) is 50.3 cm³/mol. The third kappa shape index (κ3) is 3.46. The zero-order valence-electron chi connectivity index (χ0n) is 8.32. The summed E-state index contributed by atoms with van der Waals surface area (Å²) in [4.78, 5) is 0. The minimum atomic E-state index is -0.488.